The quantitative estimate of drug-likeness (QED) is 0.279. The highest BCUT2D eigenvalue weighted by molar-refractivity contribution is 6.19. The van der Waals surface area contributed by atoms with Crippen molar-refractivity contribution in [3.63, 3.8) is 0 Å². The number of carbonyl (C=O) groups excluding carboxylic acids is 2. The van der Waals surface area contributed by atoms with Crippen LogP contribution in [0, 0.1) is 0 Å². The van der Waals surface area contributed by atoms with Crippen LogP contribution in [0.4, 0.5) is 0 Å². The van der Waals surface area contributed by atoms with Crippen molar-refractivity contribution >= 4 is 66.8 Å². The van der Waals surface area contributed by atoms with Crippen LogP contribution in [0.25, 0.3) is 55.0 Å². The van der Waals surface area contributed by atoms with E-state index in [0.717, 1.165) is 44.0 Å². The Bertz CT molecular complexity index is 2060. The minimum atomic E-state index is -0.279. The molecule has 6 aromatic rings. The van der Waals surface area contributed by atoms with Gasteiger partial charge in [0.1, 0.15) is 0 Å². The van der Waals surface area contributed by atoms with Gasteiger partial charge in [0.2, 0.25) is 0 Å². The van der Waals surface area contributed by atoms with E-state index >= 15 is 0 Å². The fourth-order valence-corrected chi connectivity index (χ4v) is 6.24. The molecule has 6 heteroatoms. The van der Waals surface area contributed by atoms with E-state index in [-0.39, 0.29) is 11.8 Å². The van der Waals surface area contributed by atoms with Crippen molar-refractivity contribution in [2.45, 2.75) is 0 Å². The van der Waals surface area contributed by atoms with Crippen molar-refractivity contribution in [2.75, 3.05) is 0 Å². The average molecular weight is 521 g/mol. The van der Waals surface area contributed by atoms with E-state index in [1.807, 2.05) is 50.5 Å². The number of carbonyl (C=O) groups is 2. The molecule has 0 atom stereocenters. The molecule has 0 radical (unpaired) electrons. The average Bonchev–Trinajstić information content (AvgIpc) is 3.71. The van der Waals surface area contributed by atoms with E-state index in [0.29, 0.717) is 22.5 Å². The monoisotopic (exact) mass is 520 g/mol. The van der Waals surface area contributed by atoms with Crippen LogP contribution in [0.5, 0.6) is 0 Å². The molecule has 4 heterocycles. The Morgan fingerprint density at radius 2 is 0.900 bits per heavy atom. The minimum Gasteiger partial charge on any atom is -0.344 e. The van der Waals surface area contributed by atoms with E-state index in [1.54, 1.807) is 12.2 Å². The van der Waals surface area contributed by atoms with Gasteiger partial charge in [-0.05, 0) is 36.4 Å². The van der Waals surface area contributed by atoms with Gasteiger partial charge in [-0.2, -0.15) is 0 Å². The Labute approximate surface area is 229 Å². The molecule has 2 amide bonds. The third-order valence-corrected chi connectivity index (χ3v) is 8.30. The maximum atomic E-state index is 13.1. The summed E-state index contributed by atoms with van der Waals surface area (Å²) in [5.74, 6) is -0.558. The van der Waals surface area contributed by atoms with Gasteiger partial charge in [-0.3, -0.25) is 9.59 Å². The topological polar surface area (TPSA) is 68.1 Å². The summed E-state index contributed by atoms with van der Waals surface area (Å²) in [4.78, 5) is 26.2. The number of amides is 2. The predicted molar refractivity (Wildman–Crippen MR) is 160 cm³/mol. The first-order valence-corrected chi connectivity index (χ1v) is 13.2. The van der Waals surface area contributed by atoms with Gasteiger partial charge in [0.15, 0.2) is 0 Å². The number of aromatic nitrogens is 2. The zero-order valence-electron chi connectivity index (χ0n) is 21.9. The fraction of sp³-hybridized carbons (Fsp3) is 0.0588. The Hall–Kier alpha value is -5.36. The zero-order chi connectivity index (χ0) is 27.1. The van der Waals surface area contributed by atoms with Crippen LogP contribution >= 0.6 is 0 Å². The van der Waals surface area contributed by atoms with Crippen LogP contribution in [-0.2, 0) is 23.7 Å². The summed E-state index contributed by atoms with van der Waals surface area (Å²) < 4.78 is 4.33. The largest absolute Gasteiger partial charge is 0.344 e. The summed E-state index contributed by atoms with van der Waals surface area (Å²) in [6.45, 7) is 0. The number of benzene rings is 4. The van der Waals surface area contributed by atoms with Gasteiger partial charge in [0, 0.05) is 80.2 Å². The van der Waals surface area contributed by atoms with Gasteiger partial charge in [0.05, 0.1) is 11.1 Å². The number of nitrogens with zero attached hydrogens (tertiary/aromatic N) is 2. The zero-order valence-corrected chi connectivity index (χ0v) is 21.9. The summed E-state index contributed by atoms with van der Waals surface area (Å²) >= 11 is 0. The standard InChI is InChI=1S/C34H24N4O2/c1-37-29-9-5-3-7-21(29)23-13-11-19(15-31(23)37)27-17-25(33(39)35-27)26-18-28(36-34(26)40)20-12-14-24-22-8-4-6-10-30(22)38(2)32(24)16-20/h3-18H,1-2H3,(H,35,39)(H,36,40)/b26-25+. The van der Waals surface area contributed by atoms with Crippen LogP contribution in [0.1, 0.15) is 11.1 Å². The molecule has 8 rings (SSSR count). The Morgan fingerprint density at radius 1 is 0.500 bits per heavy atom. The molecule has 0 saturated carbocycles. The molecule has 0 bridgehead atoms. The molecule has 0 saturated heterocycles. The lowest BCUT2D eigenvalue weighted by Crippen LogP contribution is -2.20. The van der Waals surface area contributed by atoms with Gasteiger partial charge < -0.3 is 19.8 Å². The number of aryl methyl sites for hydroxylation is 2. The Morgan fingerprint density at radius 3 is 1.35 bits per heavy atom. The number of para-hydroxylation sites is 2. The van der Waals surface area contributed by atoms with E-state index in [4.69, 9.17) is 0 Å². The normalized spacial score (nSPS) is 17.2. The van der Waals surface area contributed by atoms with Crippen molar-refractivity contribution < 1.29 is 9.59 Å². The predicted octanol–water partition coefficient (Wildman–Crippen LogP) is 5.91. The summed E-state index contributed by atoms with van der Waals surface area (Å²) in [7, 11) is 4.10. The molecule has 0 spiro atoms. The second-order valence-corrected chi connectivity index (χ2v) is 10.5. The molecule has 0 unspecified atom stereocenters. The van der Waals surface area contributed by atoms with Crippen LogP contribution in [-0.4, -0.2) is 20.9 Å². The van der Waals surface area contributed by atoms with Crippen molar-refractivity contribution in [2.24, 2.45) is 14.1 Å². The first-order valence-electron chi connectivity index (χ1n) is 13.2. The van der Waals surface area contributed by atoms with Crippen LogP contribution < -0.4 is 10.6 Å². The molecular formula is C34H24N4O2. The molecule has 0 fully saturated rings. The minimum absolute atomic E-state index is 0.279. The third kappa shape index (κ3) is 3.10. The molecular weight excluding hydrogens is 496 g/mol. The second kappa shape index (κ2) is 8.07. The molecule has 2 aromatic heterocycles. The fourth-order valence-electron chi connectivity index (χ4n) is 6.24. The Balaban J connectivity index is 1.20. The smallest absolute Gasteiger partial charge is 0.256 e. The third-order valence-electron chi connectivity index (χ3n) is 8.30. The maximum Gasteiger partial charge on any atom is 0.256 e. The summed E-state index contributed by atoms with van der Waals surface area (Å²) in [5.41, 5.74) is 8.37. The van der Waals surface area contributed by atoms with Crippen molar-refractivity contribution in [1.29, 1.82) is 0 Å². The van der Waals surface area contributed by atoms with Crippen molar-refractivity contribution in [3.8, 4) is 0 Å². The number of rotatable bonds is 2. The molecule has 2 aliphatic rings. The van der Waals surface area contributed by atoms with E-state index in [1.165, 1.54) is 10.8 Å². The summed E-state index contributed by atoms with van der Waals surface area (Å²) in [5, 5.41) is 10.7. The van der Waals surface area contributed by atoms with E-state index in [2.05, 4.69) is 68.3 Å². The molecule has 0 aliphatic carbocycles. The number of fused-ring (bicyclic) bond motifs is 6. The van der Waals surface area contributed by atoms with Gasteiger partial charge in [-0.15, -0.1) is 0 Å². The first-order chi connectivity index (χ1) is 19.5. The molecule has 2 aliphatic heterocycles. The maximum absolute atomic E-state index is 13.1. The van der Waals surface area contributed by atoms with Gasteiger partial charge >= 0.3 is 0 Å². The van der Waals surface area contributed by atoms with Gasteiger partial charge in [-0.1, -0.05) is 60.7 Å². The van der Waals surface area contributed by atoms with E-state index < -0.39 is 0 Å². The molecule has 192 valence electrons. The van der Waals surface area contributed by atoms with Gasteiger partial charge in [0.25, 0.3) is 11.8 Å². The SMILES string of the molecule is Cn1c2ccccc2c2ccc(C3=C/C(=C4/C=C(c5ccc6c7ccccc7n(C)c6c5)NC4=O)C(=O)N3)cc21. The van der Waals surface area contributed by atoms with Crippen LogP contribution in [0.15, 0.2) is 108 Å². The molecule has 4 aromatic carbocycles. The Kier molecular flexibility index (Phi) is 4.56. The first kappa shape index (κ1) is 22.6. The molecule has 6 nitrogen and oxygen atoms in total. The summed E-state index contributed by atoms with van der Waals surface area (Å²) in [6.07, 6.45) is 3.57. The molecule has 40 heavy (non-hydrogen) atoms. The summed E-state index contributed by atoms with van der Waals surface area (Å²) in [6, 6.07) is 29.0. The van der Waals surface area contributed by atoms with Crippen LogP contribution in [0.2, 0.25) is 0 Å². The lowest BCUT2D eigenvalue weighted by Gasteiger charge is -2.04. The van der Waals surface area contributed by atoms with E-state index in [9.17, 15) is 9.59 Å². The highest BCUT2D eigenvalue weighted by atomic mass is 16.2. The highest BCUT2D eigenvalue weighted by Crippen LogP contribution is 2.34. The number of hydrogen-bond donors (Lipinski definition) is 2. The molecule has 2 N–H and O–H groups in total. The van der Waals surface area contributed by atoms with Gasteiger partial charge in [-0.25, -0.2) is 0 Å². The highest BCUT2D eigenvalue weighted by Gasteiger charge is 2.29. The number of hydrogen-bond acceptors (Lipinski definition) is 2. The van der Waals surface area contributed by atoms with Crippen molar-refractivity contribution in [3.05, 3.63) is 119 Å². The second-order valence-electron chi connectivity index (χ2n) is 10.5. The van der Waals surface area contributed by atoms with Crippen molar-refractivity contribution in [1.82, 2.24) is 19.8 Å². The van der Waals surface area contributed by atoms with Crippen LogP contribution in [0.3, 0.4) is 0 Å². The number of nitrogens with one attached hydrogen (secondary N) is 2. The lowest BCUT2D eigenvalue weighted by molar-refractivity contribution is -0.118. The lowest BCUT2D eigenvalue weighted by atomic mass is 10.0.